The summed E-state index contributed by atoms with van der Waals surface area (Å²) >= 11 is 1.82. The number of fused-ring (bicyclic) bond motifs is 4. The number of carbonyl (C=O) groups is 1. The Balaban J connectivity index is 0.000000299. The minimum absolute atomic E-state index is 0. The fourth-order valence-electron chi connectivity index (χ4n) is 3.38. The molecule has 0 bridgehead atoms. The number of aliphatic hydroxyl groups excluding tert-OH is 1. The number of aliphatic hydroxyl groups is 1. The third-order valence-corrected chi connectivity index (χ3v) is 5.81. The van der Waals surface area contributed by atoms with Gasteiger partial charge >= 0.3 is 0 Å². The van der Waals surface area contributed by atoms with Gasteiger partial charge in [0, 0.05) is 30.9 Å². The average molecular weight is 603 g/mol. The molecular formula is C26H20IrNO2S-. The van der Waals surface area contributed by atoms with Crippen molar-refractivity contribution in [2.45, 2.75) is 13.8 Å². The van der Waals surface area contributed by atoms with E-state index in [2.05, 4.69) is 60.7 Å². The van der Waals surface area contributed by atoms with Crippen molar-refractivity contribution in [1.82, 2.24) is 4.98 Å². The number of aromatic nitrogens is 1. The Morgan fingerprint density at radius 1 is 0.968 bits per heavy atom. The number of carbonyl (C=O) groups excluding carboxylic acids is 1. The van der Waals surface area contributed by atoms with E-state index in [0.717, 1.165) is 16.8 Å². The fraction of sp³-hybridized carbons (Fsp3) is 0.0769. The van der Waals surface area contributed by atoms with E-state index in [0.29, 0.717) is 0 Å². The number of allylic oxidation sites excluding steroid dienone is 2. The van der Waals surface area contributed by atoms with Gasteiger partial charge in [0.05, 0.1) is 11.3 Å². The Bertz CT molecular complexity index is 1400. The Morgan fingerprint density at radius 3 is 2.45 bits per heavy atom. The van der Waals surface area contributed by atoms with Crippen LogP contribution < -0.4 is 0 Å². The standard InChI is InChI=1S/C21H12NS.C5H8O2.Ir/c1-3-10-18-14(6-1)12-13-19(22-18)17-9-5-8-16-15-7-2-4-11-20(15)23-21(16)17;1-4(6)3-5(2)7;/h1-8,10-13H;3,6H,1-2H3;/q-1;;/b;4-3-;. The maximum Gasteiger partial charge on any atom is 0.155 e. The summed E-state index contributed by atoms with van der Waals surface area (Å²) in [7, 11) is 0. The topological polar surface area (TPSA) is 50.2 Å². The molecule has 5 aromatic rings. The van der Waals surface area contributed by atoms with E-state index in [1.165, 1.54) is 45.5 Å². The first-order valence-electron chi connectivity index (χ1n) is 9.59. The molecule has 1 radical (unpaired) electrons. The number of hydrogen-bond donors (Lipinski definition) is 1. The van der Waals surface area contributed by atoms with Crippen molar-refractivity contribution in [3.8, 4) is 11.3 Å². The van der Waals surface area contributed by atoms with Gasteiger partial charge < -0.3 is 5.11 Å². The van der Waals surface area contributed by atoms with Gasteiger partial charge in [-0.2, -0.15) is 11.3 Å². The van der Waals surface area contributed by atoms with E-state index in [-0.39, 0.29) is 31.6 Å². The second-order valence-corrected chi connectivity index (χ2v) is 8.03. The number of para-hydroxylation sites is 1. The first kappa shape index (κ1) is 22.8. The van der Waals surface area contributed by atoms with Crippen LogP contribution in [0.3, 0.4) is 0 Å². The maximum atomic E-state index is 10.0. The first-order valence-corrected chi connectivity index (χ1v) is 10.4. The molecule has 3 nitrogen and oxygen atoms in total. The normalized spacial score (nSPS) is 11.1. The zero-order valence-corrected chi connectivity index (χ0v) is 20.3. The average Bonchev–Trinajstić information content (AvgIpc) is 3.12. The Morgan fingerprint density at radius 2 is 1.71 bits per heavy atom. The molecule has 0 saturated carbocycles. The molecule has 0 amide bonds. The summed E-state index contributed by atoms with van der Waals surface area (Å²) in [5.74, 6) is -0.0625. The summed E-state index contributed by atoms with van der Waals surface area (Å²) in [5, 5.41) is 12.1. The van der Waals surface area contributed by atoms with Crippen LogP contribution in [0.1, 0.15) is 13.8 Å². The minimum Gasteiger partial charge on any atom is -0.512 e. The van der Waals surface area contributed by atoms with Crippen molar-refractivity contribution in [2.75, 3.05) is 0 Å². The van der Waals surface area contributed by atoms with Gasteiger partial charge in [-0.1, -0.05) is 53.9 Å². The fourth-order valence-corrected chi connectivity index (χ4v) is 4.59. The van der Waals surface area contributed by atoms with Crippen LogP contribution in [0, 0.1) is 6.07 Å². The van der Waals surface area contributed by atoms with E-state index in [1.54, 1.807) is 0 Å². The predicted molar refractivity (Wildman–Crippen MR) is 126 cm³/mol. The minimum atomic E-state index is -0.125. The van der Waals surface area contributed by atoms with E-state index < -0.39 is 0 Å². The number of nitrogens with zero attached hydrogens (tertiary/aromatic N) is 1. The monoisotopic (exact) mass is 603 g/mol. The van der Waals surface area contributed by atoms with Crippen molar-refractivity contribution in [1.29, 1.82) is 0 Å². The molecule has 0 spiro atoms. The van der Waals surface area contributed by atoms with Crippen LogP contribution in [0.15, 0.2) is 84.6 Å². The van der Waals surface area contributed by atoms with Gasteiger partial charge in [-0.15, -0.1) is 23.8 Å². The van der Waals surface area contributed by atoms with Crippen molar-refractivity contribution >= 4 is 48.2 Å². The molecular weight excluding hydrogens is 583 g/mol. The molecule has 157 valence electrons. The second-order valence-electron chi connectivity index (χ2n) is 6.98. The maximum absolute atomic E-state index is 10.0. The molecule has 3 aromatic carbocycles. The van der Waals surface area contributed by atoms with Gasteiger partial charge in [0.25, 0.3) is 0 Å². The largest absolute Gasteiger partial charge is 0.512 e. The third-order valence-electron chi connectivity index (χ3n) is 4.61. The Labute approximate surface area is 198 Å². The van der Waals surface area contributed by atoms with E-state index in [4.69, 9.17) is 10.1 Å². The zero-order valence-electron chi connectivity index (χ0n) is 17.0. The molecule has 0 unspecified atom stereocenters. The molecule has 0 saturated heterocycles. The summed E-state index contributed by atoms with van der Waals surface area (Å²) in [6.07, 6.45) is 1.17. The van der Waals surface area contributed by atoms with Gasteiger partial charge in [-0.05, 0) is 47.1 Å². The Kier molecular flexibility index (Phi) is 7.34. The van der Waals surface area contributed by atoms with Crippen LogP contribution in [-0.2, 0) is 24.9 Å². The van der Waals surface area contributed by atoms with Crippen LogP contribution in [0.25, 0.3) is 42.3 Å². The molecule has 2 aromatic heterocycles. The molecule has 5 rings (SSSR count). The van der Waals surface area contributed by atoms with Crippen LogP contribution in [0.5, 0.6) is 0 Å². The number of pyridine rings is 1. The summed E-state index contributed by atoms with van der Waals surface area (Å²) in [6.45, 7) is 2.85. The molecule has 0 aliphatic heterocycles. The molecule has 5 heteroatoms. The van der Waals surface area contributed by atoms with Gasteiger partial charge in [-0.25, -0.2) is 0 Å². The molecule has 0 aliphatic rings. The quantitative estimate of drug-likeness (QED) is 0.133. The van der Waals surface area contributed by atoms with Crippen LogP contribution >= 0.6 is 11.3 Å². The van der Waals surface area contributed by atoms with Crippen LogP contribution in [0.2, 0.25) is 0 Å². The summed E-state index contributed by atoms with van der Waals surface area (Å²) in [4.78, 5) is 14.9. The predicted octanol–water partition coefficient (Wildman–Crippen LogP) is 7.10. The zero-order chi connectivity index (χ0) is 21.1. The number of benzene rings is 3. The number of ketones is 1. The summed E-state index contributed by atoms with van der Waals surface area (Å²) in [6, 6.07) is 28.6. The van der Waals surface area contributed by atoms with Crippen LogP contribution in [-0.4, -0.2) is 15.9 Å². The molecule has 0 atom stereocenters. The summed E-state index contributed by atoms with van der Waals surface area (Å²) < 4.78 is 2.57. The van der Waals surface area contributed by atoms with Crippen molar-refractivity contribution in [3.63, 3.8) is 0 Å². The van der Waals surface area contributed by atoms with Crippen molar-refractivity contribution < 1.29 is 30.0 Å². The van der Waals surface area contributed by atoms with E-state index in [1.807, 2.05) is 29.5 Å². The molecule has 2 heterocycles. The number of rotatable bonds is 2. The van der Waals surface area contributed by atoms with Gasteiger partial charge in [0.1, 0.15) is 0 Å². The second kappa shape index (κ2) is 9.97. The summed E-state index contributed by atoms with van der Waals surface area (Å²) in [5.41, 5.74) is 3.10. The molecule has 31 heavy (non-hydrogen) atoms. The molecule has 0 aliphatic carbocycles. The van der Waals surface area contributed by atoms with E-state index >= 15 is 0 Å². The number of hydrogen-bond acceptors (Lipinski definition) is 4. The smallest absolute Gasteiger partial charge is 0.155 e. The SMILES string of the molecule is CC(=O)/C=C(/C)O.[Ir].[c-]1ccc2c(sc3ccccc32)c1-c1ccc2ccccc2n1. The van der Waals surface area contributed by atoms with Crippen molar-refractivity contribution in [3.05, 3.63) is 90.7 Å². The van der Waals surface area contributed by atoms with Gasteiger partial charge in [-0.3, -0.25) is 9.78 Å². The first-order chi connectivity index (χ1) is 14.5. The van der Waals surface area contributed by atoms with Gasteiger partial charge in [0.15, 0.2) is 5.78 Å². The van der Waals surface area contributed by atoms with Crippen molar-refractivity contribution in [2.24, 2.45) is 0 Å². The Hall–Kier alpha value is -2.85. The number of thiophene rings is 1. The third kappa shape index (κ3) is 5.08. The van der Waals surface area contributed by atoms with Gasteiger partial charge in [0.2, 0.25) is 0 Å². The molecule has 0 fully saturated rings. The van der Waals surface area contributed by atoms with E-state index in [9.17, 15) is 4.79 Å². The van der Waals surface area contributed by atoms with Crippen LogP contribution in [0.4, 0.5) is 0 Å². The molecule has 1 N–H and O–H groups in total.